The van der Waals surface area contributed by atoms with Gasteiger partial charge in [-0.2, -0.15) is 0 Å². The molecule has 2 amide bonds. The summed E-state index contributed by atoms with van der Waals surface area (Å²) in [6.07, 6.45) is 7.24. The normalized spacial score (nSPS) is 21.0. The van der Waals surface area contributed by atoms with Crippen molar-refractivity contribution in [2.24, 2.45) is 5.41 Å². The van der Waals surface area contributed by atoms with Crippen LogP contribution in [0.25, 0.3) is 0 Å². The van der Waals surface area contributed by atoms with Crippen molar-refractivity contribution >= 4 is 17.8 Å². The molecule has 1 unspecified atom stereocenters. The Labute approximate surface area is 187 Å². The average molecular weight is 438 g/mol. The lowest BCUT2D eigenvalue weighted by Crippen LogP contribution is -2.64. The van der Waals surface area contributed by atoms with Gasteiger partial charge in [-0.05, 0) is 85.5 Å². The Bertz CT molecular complexity index is 665. The van der Waals surface area contributed by atoms with Crippen LogP contribution in [0.5, 0.6) is 0 Å². The molecule has 0 aromatic heterocycles. The number of ketones is 1. The summed E-state index contributed by atoms with van der Waals surface area (Å²) in [6.45, 7) is 13.8. The fourth-order valence-corrected chi connectivity index (χ4v) is 4.62. The largest absolute Gasteiger partial charge is 0.444 e. The number of carbonyl (C=O) groups is 3. The zero-order valence-corrected chi connectivity index (χ0v) is 20.6. The standard InChI is InChI=1S/C24H43N3O4/c1-21(2,3)27-19(29)18(28)24(13-10-14-24)25-16-17(15-23(7)11-8-9-12-23)26-20(30)31-22(4,5)6/h17,25H,8-16H2,1-7H3,(H,26,30)(H,27,29). The zero-order chi connectivity index (χ0) is 23.5. The summed E-state index contributed by atoms with van der Waals surface area (Å²) < 4.78 is 5.47. The van der Waals surface area contributed by atoms with Gasteiger partial charge in [0, 0.05) is 18.1 Å². The van der Waals surface area contributed by atoms with E-state index in [1.165, 1.54) is 12.8 Å². The smallest absolute Gasteiger partial charge is 0.407 e. The highest BCUT2D eigenvalue weighted by molar-refractivity contribution is 6.40. The van der Waals surface area contributed by atoms with Gasteiger partial charge in [-0.15, -0.1) is 0 Å². The summed E-state index contributed by atoms with van der Waals surface area (Å²) in [5.41, 5.74) is -1.70. The number of alkyl carbamates (subject to hydrolysis) is 1. The molecule has 2 aliphatic rings. The number of Topliss-reactive ketones (excluding diaryl/α,β-unsaturated/α-hetero) is 1. The maximum absolute atomic E-state index is 13.0. The lowest BCUT2D eigenvalue weighted by Gasteiger charge is -2.42. The third-order valence-electron chi connectivity index (χ3n) is 6.29. The maximum Gasteiger partial charge on any atom is 0.407 e. The number of amides is 2. The monoisotopic (exact) mass is 437 g/mol. The molecule has 7 nitrogen and oxygen atoms in total. The number of carbonyl (C=O) groups excluding carboxylic acids is 3. The molecule has 0 aromatic rings. The van der Waals surface area contributed by atoms with Gasteiger partial charge in [0.2, 0.25) is 5.78 Å². The van der Waals surface area contributed by atoms with E-state index in [-0.39, 0.29) is 11.5 Å². The topological polar surface area (TPSA) is 96.5 Å². The SMILES string of the molecule is CC1(CC(CNC2(C(=O)C(=O)NC(C)(C)C)CCC2)NC(=O)OC(C)(C)C)CCCC1. The molecule has 2 rings (SSSR count). The Morgan fingerprint density at radius 2 is 1.52 bits per heavy atom. The van der Waals surface area contributed by atoms with Crippen molar-refractivity contribution in [1.29, 1.82) is 0 Å². The lowest BCUT2D eigenvalue weighted by atomic mass is 9.72. The minimum Gasteiger partial charge on any atom is -0.444 e. The van der Waals surface area contributed by atoms with Crippen LogP contribution in [-0.4, -0.2) is 47.0 Å². The quantitative estimate of drug-likeness (QED) is 0.501. The number of nitrogens with one attached hydrogen (secondary N) is 3. The molecule has 0 aliphatic heterocycles. The summed E-state index contributed by atoms with van der Waals surface area (Å²) in [4.78, 5) is 37.9. The van der Waals surface area contributed by atoms with E-state index in [9.17, 15) is 14.4 Å². The van der Waals surface area contributed by atoms with E-state index in [0.717, 1.165) is 25.7 Å². The van der Waals surface area contributed by atoms with Gasteiger partial charge in [0.05, 0.1) is 5.54 Å². The molecular formula is C24H43N3O4. The summed E-state index contributed by atoms with van der Waals surface area (Å²) >= 11 is 0. The number of hydrogen-bond acceptors (Lipinski definition) is 5. The van der Waals surface area contributed by atoms with Gasteiger partial charge in [-0.1, -0.05) is 19.8 Å². The first-order valence-corrected chi connectivity index (χ1v) is 11.7. The molecule has 0 radical (unpaired) electrons. The van der Waals surface area contributed by atoms with Crippen molar-refractivity contribution in [1.82, 2.24) is 16.0 Å². The van der Waals surface area contributed by atoms with Crippen molar-refractivity contribution in [3.8, 4) is 0 Å². The fraction of sp³-hybridized carbons (Fsp3) is 0.875. The number of hydrogen-bond donors (Lipinski definition) is 3. The number of rotatable bonds is 8. The molecule has 178 valence electrons. The highest BCUT2D eigenvalue weighted by atomic mass is 16.6. The summed E-state index contributed by atoms with van der Waals surface area (Å²) in [5.74, 6) is -0.948. The van der Waals surface area contributed by atoms with Gasteiger partial charge in [-0.3, -0.25) is 9.59 Å². The first-order valence-electron chi connectivity index (χ1n) is 11.7. The molecule has 0 saturated heterocycles. The van der Waals surface area contributed by atoms with Crippen LogP contribution in [0.2, 0.25) is 0 Å². The van der Waals surface area contributed by atoms with E-state index in [1.807, 2.05) is 41.5 Å². The van der Waals surface area contributed by atoms with Crippen molar-refractivity contribution in [2.75, 3.05) is 6.54 Å². The predicted octanol–water partition coefficient (Wildman–Crippen LogP) is 3.85. The summed E-state index contributed by atoms with van der Waals surface area (Å²) in [7, 11) is 0. The molecule has 2 saturated carbocycles. The van der Waals surface area contributed by atoms with E-state index < -0.39 is 34.5 Å². The van der Waals surface area contributed by atoms with Gasteiger partial charge in [-0.25, -0.2) is 4.79 Å². The van der Waals surface area contributed by atoms with Crippen molar-refractivity contribution in [3.63, 3.8) is 0 Å². The van der Waals surface area contributed by atoms with Gasteiger partial charge < -0.3 is 20.7 Å². The molecule has 2 aliphatic carbocycles. The summed E-state index contributed by atoms with van der Waals surface area (Å²) in [6, 6.07) is -0.172. The molecule has 0 bridgehead atoms. The van der Waals surface area contributed by atoms with Crippen molar-refractivity contribution in [3.05, 3.63) is 0 Å². The van der Waals surface area contributed by atoms with Crippen LogP contribution in [0.1, 0.15) is 99.8 Å². The Kier molecular flexibility index (Phi) is 7.83. The van der Waals surface area contributed by atoms with Crippen LogP contribution in [-0.2, 0) is 14.3 Å². The maximum atomic E-state index is 13.0. The minimum atomic E-state index is -0.834. The Morgan fingerprint density at radius 3 is 1.97 bits per heavy atom. The van der Waals surface area contributed by atoms with Crippen LogP contribution >= 0.6 is 0 Å². The van der Waals surface area contributed by atoms with E-state index in [0.29, 0.717) is 19.4 Å². The Morgan fingerprint density at radius 1 is 0.935 bits per heavy atom. The van der Waals surface area contributed by atoms with E-state index >= 15 is 0 Å². The molecule has 7 heteroatoms. The third kappa shape index (κ3) is 7.78. The van der Waals surface area contributed by atoms with E-state index in [4.69, 9.17) is 4.74 Å². The second kappa shape index (κ2) is 9.47. The average Bonchev–Trinajstić information content (AvgIpc) is 2.96. The second-order valence-corrected chi connectivity index (χ2v) is 11.9. The molecule has 31 heavy (non-hydrogen) atoms. The first-order chi connectivity index (χ1) is 14.1. The van der Waals surface area contributed by atoms with Gasteiger partial charge in [0.25, 0.3) is 5.91 Å². The van der Waals surface area contributed by atoms with Crippen LogP contribution in [0.4, 0.5) is 4.79 Å². The van der Waals surface area contributed by atoms with Gasteiger partial charge in [0.1, 0.15) is 5.60 Å². The van der Waals surface area contributed by atoms with E-state index in [1.54, 1.807) is 0 Å². The van der Waals surface area contributed by atoms with E-state index in [2.05, 4.69) is 22.9 Å². The van der Waals surface area contributed by atoms with Crippen LogP contribution in [0.15, 0.2) is 0 Å². The molecule has 3 N–H and O–H groups in total. The summed E-state index contributed by atoms with van der Waals surface area (Å²) in [5, 5.41) is 9.18. The molecule has 1 atom stereocenters. The highest BCUT2D eigenvalue weighted by Crippen LogP contribution is 2.41. The third-order valence-corrected chi connectivity index (χ3v) is 6.29. The van der Waals surface area contributed by atoms with Gasteiger partial charge >= 0.3 is 6.09 Å². The molecule has 0 spiro atoms. The Balaban J connectivity index is 2.06. The van der Waals surface area contributed by atoms with Gasteiger partial charge in [0.15, 0.2) is 0 Å². The predicted molar refractivity (Wildman–Crippen MR) is 122 cm³/mol. The molecular weight excluding hydrogens is 394 g/mol. The highest BCUT2D eigenvalue weighted by Gasteiger charge is 2.47. The molecule has 0 heterocycles. The fourth-order valence-electron chi connectivity index (χ4n) is 4.62. The van der Waals surface area contributed by atoms with Crippen molar-refractivity contribution < 1.29 is 19.1 Å². The second-order valence-electron chi connectivity index (χ2n) is 11.9. The van der Waals surface area contributed by atoms with Crippen LogP contribution in [0.3, 0.4) is 0 Å². The first kappa shape index (κ1) is 25.6. The van der Waals surface area contributed by atoms with Crippen LogP contribution < -0.4 is 16.0 Å². The van der Waals surface area contributed by atoms with Crippen molar-refractivity contribution in [2.45, 2.75) is 123 Å². The number of ether oxygens (including phenoxy) is 1. The lowest BCUT2D eigenvalue weighted by molar-refractivity contribution is -0.145. The minimum absolute atomic E-state index is 0.168. The molecule has 2 fully saturated rings. The molecule has 0 aromatic carbocycles. The van der Waals surface area contributed by atoms with Crippen LogP contribution in [0, 0.1) is 5.41 Å². The Hall–Kier alpha value is -1.63. The zero-order valence-electron chi connectivity index (χ0n) is 20.6.